The first-order valence-electron chi connectivity index (χ1n) is 6.30. The number of ether oxygens (including phenoxy) is 2. The summed E-state index contributed by atoms with van der Waals surface area (Å²) in [6.45, 7) is 2.39. The molecule has 0 radical (unpaired) electrons. The highest BCUT2D eigenvalue weighted by Crippen LogP contribution is 2.26. The second-order valence-electron chi connectivity index (χ2n) is 4.07. The van der Waals surface area contributed by atoms with Crippen molar-refractivity contribution in [3.8, 4) is 11.5 Å². The molecule has 0 saturated heterocycles. The smallest absolute Gasteiger partial charge is 0.343 e. The molecule has 0 unspecified atom stereocenters. The van der Waals surface area contributed by atoms with Crippen LogP contribution in [0.1, 0.15) is 17.3 Å². The first-order chi connectivity index (χ1) is 10.1. The maximum Gasteiger partial charge on any atom is 0.343 e. The molecular formula is C15H13NO5. The van der Waals surface area contributed by atoms with E-state index < -0.39 is 10.9 Å². The molecule has 0 spiro atoms. The zero-order valence-corrected chi connectivity index (χ0v) is 11.3. The van der Waals surface area contributed by atoms with Crippen molar-refractivity contribution in [2.45, 2.75) is 6.92 Å². The van der Waals surface area contributed by atoms with E-state index in [1.807, 2.05) is 6.92 Å². The summed E-state index contributed by atoms with van der Waals surface area (Å²) in [5.41, 5.74) is 0.0355. The lowest BCUT2D eigenvalue weighted by Crippen LogP contribution is -2.09. The molecule has 0 aromatic heterocycles. The van der Waals surface area contributed by atoms with Crippen molar-refractivity contribution < 1.29 is 19.2 Å². The predicted molar refractivity (Wildman–Crippen MR) is 75.7 cm³/mol. The van der Waals surface area contributed by atoms with E-state index in [1.165, 1.54) is 18.2 Å². The number of hydrogen-bond acceptors (Lipinski definition) is 5. The Morgan fingerprint density at radius 2 is 1.81 bits per heavy atom. The SMILES string of the molecule is CCOc1ccc(C(=O)Oc2ccccc2[N+](=O)[O-])cc1. The van der Waals surface area contributed by atoms with Gasteiger partial charge in [-0.15, -0.1) is 0 Å². The first kappa shape index (κ1) is 14.5. The van der Waals surface area contributed by atoms with Crippen LogP contribution in [0.25, 0.3) is 0 Å². The summed E-state index contributed by atoms with van der Waals surface area (Å²) >= 11 is 0. The third kappa shape index (κ3) is 3.56. The van der Waals surface area contributed by atoms with E-state index >= 15 is 0 Å². The number of para-hydroxylation sites is 2. The van der Waals surface area contributed by atoms with Crippen LogP contribution in [-0.2, 0) is 0 Å². The van der Waals surface area contributed by atoms with Gasteiger partial charge in [-0.3, -0.25) is 10.1 Å². The second-order valence-corrected chi connectivity index (χ2v) is 4.07. The molecule has 0 amide bonds. The molecule has 21 heavy (non-hydrogen) atoms. The van der Waals surface area contributed by atoms with Crippen molar-refractivity contribution in [1.29, 1.82) is 0 Å². The third-order valence-electron chi connectivity index (χ3n) is 2.67. The number of nitro groups is 1. The molecular weight excluding hydrogens is 274 g/mol. The molecule has 0 bridgehead atoms. The highest BCUT2D eigenvalue weighted by atomic mass is 16.6. The van der Waals surface area contributed by atoms with Crippen molar-refractivity contribution in [1.82, 2.24) is 0 Å². The normalized spacial score (nSPS) is 9.95. The summed E-state index contributed by atoms with van der Waals surface area (Å²) in [6.07, 6.45) is 0. The number of hydrogen-bond donors (Lipinski definition) is 0. The third-order valence-corrected chi connectivity index (χ3v) is 2.67. The Morgan fingerprint density at radius 3 is 2.43 bits per heavy atom. The van der Waals surface area contributed by atoms with Crippen LogP contribution in [0.3, 0.4) is 0 Å². The lowest BCUT2D eigenvalue weighted by atomic mass is 10.2. The van der Waals surface area contributed by atoms with Crippen molar-refractivity contribution in [3.05, 3.63) is 64.2 Å². The lowest BCUT2D eigenvalue weighted by Gasteiger charge is -2.06. The van der Waals surface area contributed by atoms with Gasteiger partial charge < -0.3 is 9.47 Å². The molecule has 108 valence electrons. The molecule has 2 rings (SSSR count). The van der Waals surface area contributed by atoms with Crippen LogP contribution < -0.4 is 9.47 Å². The Morgan fingerprint density at radius 1 is 1.14 bits per heavy atom. The Balaban J connectivity index is 2.16. The Labute approximate surface area is 121 Å². The topological polar surface area (TPSA) is 78.7 Å². The molecule has 6 heteroatoms. The van der Waals surface area contributed by atoms with Gasteiger partial charge in [0.2, 0.25) is 5.75 Å². The Bertz CT molecular complexity index is 651. The van der Waals surface area contributed by atoms with Crippen molar-refractivity contribution in [2.24, 2.45) is 0 Å². The van der Waals surface area contributed by atoms with E-state index in [9.17, 15) is 14.9 Å². The average molecular weight is 287 g/mol. The molecule has 0 N–H and O–H groups in total. The van der Waals surface area contributed by atoms with Gasteiger partial charge in [-0.05, 0) is 37.3 Å². The van der Waals surface area contributed by atoms with Gasteiger partial charge in [0.15, 0.2) is 0 Å². The van der Waals surface area contributed by atoms with Crippen molar-refractivity contribution >= 4 is 11.7 Å². The van der Waals surface area contributed by atoms with Gasteiger partial charge in [-0.1, -0.05) is 12.1 Å². The van der Waals surface area contributed by atoms with E-state index in [0.717, 1.165) is 0 Å². The van der Waals surface area contributed by atoms with Gasteiger partial charge in [-0.25, -0.2) is 4.79 Å². The number of rotatable bonds is 5. The van der Waals surface area contributed by atoms with E-state index in [2.05, 4.69) is 0 Å². The van der Waals surface area contributed by atoms with Crippen LogP contribution in [0.4, 0.5) is 5.69 Å². The highest BCUT2D eigenvalue weighted by molar-refractivity contribution is 5.91. The highest BCUT2D eigenvalue weighted by Gasteiger charge is 2.18. The van der Waals surface area contributed by atoms with Crippen molar-refractivity contribution in [2.75, 3.05) is 6.61 Å². The van der Waals surface area contributed by atoms with E-state index in [4.69, 9.17) is 9.47 Å². The summed E-state index contributed by atoms with van der Waals surface area (Å²) in [7, 11) is 0. The maximum atomic E-state index is 12.0. The number of nitrogens with zero attached hydrogens (tertiary/aromatic N) is 1. The molecule has 0 atom stereocenters. The van der Waals surface area contributed by atoms with Crippen LogP contribution in [0, 0.1) is 10.1 Å². The Hall–Kier alpha value is -2.89. The fourth-order valence-corrected chi connectivity index (χ4v) is 1.71. The summed E-state index contributed by atoms with van der Waals surface area (Å²) in [6, 6.07) is 12.1. The van der Waals surface area contributed by atoms with Gasteiger partial charge in [-0.2, -0.15) is 0 Å². The standard InChI is InChI=1S/C15H13NO5/c1-2-20-12-9-7-11(8-10-12)15(17)21-14-6-4-3-5-13(14)16(18)19/h3-10H,2H2,1H3. The molecule has 0 saturated carbocycles. The second kappa shape index (κ2) is 6.51. The van der Waals surface area contributed by atoms with Gasteiger partial charge in [0.05, 0.1) is 17.1 Å². The molecule has 0 aliphatic carbocycles. The van der Waals surface area contributed by atoms with Gasteiger partial charge in [0.1, 0.15) is 5.75 Å². The van der Waals surface area contributed by atoms with Crippen LogP contribution >= 0.6 is 0 Å². The van der Waals surface area contributed by atoms with Gasteiger partial charge in [0, 0.05) is 6.07 Å². The fraction of sp³-hybridized carbons (Fsp3) is 0.133. The molecule has 0 fully saturated rings. The minimum absolute atomic E-state index is 0.0821. The summed E-state index contributed by atoms with van der Waals surface area (Å²) < 4.78 is 10.3. The molecule has 2 aromatic rings. The number of carbonyl (C=O) groups is 1. The van der Waals surface area contributed by atoms with Crippen molar-refractivity contribution in [3.63, 3.8) is 0 Å². The van der Waals surface area contributed by atoms with Crippen LogP contribution in [0.2, 0.25) is 0 Å². The Kier molecular flexibility index (Phi) is 4.50. The van der Waals surface area contributed by atoms with Gasteiger partial charge in [0.25, 0.3) is 0 Å². The predicted octanol–water partition coefficient (Wildman–Crippen LogP) is 3.21. The number of esters is 1. The monoisotopic (exact) mass is 287 g/mol. The summed E-state index contributed by atoms with van der Waals surface area (Å²) in [4.78, 5) is 22.2. The maximum absolute atomic E-state index is 12.0. The molecule has 0 aliphatic heterocycles. The molecule has 0 heterocycles. The first-order valence-corrected chi connectivity index (χ1v) is 6.30. The fourth-order valence-electron chi connectivity index (χ4n) is 1.71. The zero-order chi connectivity index (χ0) is 15.2. The number of nitro benzene ring substituents is 1. The van der Waals surface area contributed by atoms with Gasteiger partial charge >= 0.3 is 11.7 Å². The lowest BCUT2D eigenvalue weighted by molar-refractivity contribution is -0.385. The van der Waals surface area contributed by atoms with Crippen LogP contribution in [-0.4, -0.2) is 17.5 Å². The largest absolute Gasteiger partial charge is 0.494 e. The van der Waals surface area contributed by atoms with Crippen LogP contribution in [0.15, 0.2) is 48.5 Å². The molecule has 6 nitrogen and oxygen atoms in total. The van der Waals surface area contributed by atoms with E-state index in [-0.39, 0.29) is 17.0 Å². The van der Waals surface area contributed by atoms with E-state index in [0.29, 0.717) is 12.4 Å². The molecule has 0 aliphatic rings. The number of carbonyl (C=O) groups excluding carboxylic acids is 1. The average Bonchev–Trinajstić information content (AvgIpc) is 2.48. The summed E-state index contributed by atoms with van der Waals surface area (Å²) in [5.74, 6) is -0.103. The van der Waals surface area contributed by atoms with Crippen LogP contribution in [0.5, 0.6) is 11.5 Å². The quantitative estimate of drug-likeness (QED) is 0.365. The molecule has 2 aromatic carbocycles. The minimum Gasteiger partial charge on any atom is -0.494 e. The van der Waals surface area contributed by atoms with E-state index in [1.54, 1.807) is 30.3 Å². The minimum atomic E-state index is -0.660. The number of benzene rings is 2. The summed E-state index contributed by atoms with van der Waals surface area (Å²) in [5, 5.41) is 10.9. The zero-order valence-electron chi connectivity index (χ0n) is 11.3.